The second-order valence-electron chi connectivity index (χ2n) is 4.62. The third-order valence-corrected chi connectivity index (χ3v) is 5.30. The maximum atomic E-state index is 12.0. The zero-order valence-corrected chi connectivity index (χ0v) is 17.4. The maximum Gasteiger partial charge on any atom is 0.349 e. The molecule has 10 heteroatoms. The Hall–Kier alpha value is -1.25. The first kappa shape index (κ1) is 20.1. The van der Waals surface area contributed by atoms with Crippen LogP contribution in [0.5, 0.6) is 5.75 Å². The molecule has 0 saturated carbocycles. The average molecular weight is 588 g/mol. The summed E-state index contributed by atoms with van der Waals surface area (Å²) in [5.74, 6) is -1.42. The lowest BCUT2D eigenvalue weighted by Gasteiger charge is -2.07. The molecule has 0 radical (unpaired) electrons. The summed E-state index contributed by atoms with van der Waals surface area (Å²) in [6, 6.07) is 9.80. The van der Waals surface area contributed by atoms with E-state index in [0.29, 0.717) is 9.13 Å². The second kappa shape index (κ2) is 8.42. The van der Waals surface area contributed by atoms with Gasteiger partial charge in [-0.1, -0.05) is 0 Å². The highest BCUT2D eigenvalue weighted by Gasteiger charge is 2.15. The number of hydrogen-bond donors (Lipinski definition) is 1. The van der Waals surface area contributed by atoms with E-state index in [4.69, 9.17) is 14.0 Å². The van der Waals surface area contributed by atoms with Gasteiger partial charge in [0.15, 0.2) is 6.61 Å². The summed E-state index contributed by atoms with van der Waals surface area (Å²) in [4.78, 5) is 23.4. The molecule has 0 aliphatic heterocycles. The smallest absolute Gasteiger partial charge is 0.349 e. The van der Waals surface area contributed by atoms with Crippen LogP contribution < -0.4 is 4.74 Å². The molecular weight excluding hydrogens is 578 g/mol. The van der Waals surface area contributed by atoms with Gasteiger partial charge in [0.2, 0.25) is 0 Å². The molecule has 132 valence electrons. The van der Waals surface area contributed by atoms with Gasteiger partial charge in [-0.25, -0.2) is 9.59 Å². The summed E-state index contributed by atoms with van der Waals surface area (Å²) in [6.45, 7) is -0.597. The number of hydrogen-bond acceptors (Lipinski definition) is 6. The Morgan fingerprint density at radius 3 is 2.28 bits per heavy atom. The van der Waals surface area contributed by atoms with Gasteiger partial charge in [0.1, 0.15) is 5.75 Å². The van der Waals surface area contributed by atoms with E-state index in [1.165, 1.54) is 12.1 Å². The summed E-state index contributed by atoms with van der Waals surface area (Å²) in [5, 5.41) is 0. The van der Waals surface area contributed by atoms with Crippen molar-refractivity contribution in [3.05, 3.63) is 55.2 Å². The highest BCUT2D eigenvalue weighted by Crippen LogP contribution is 2.18. The Morgan fingerprint density at radius 2 is 1.68 bits per heavy atom. The fourth-order valence-electron chi connectivity index (χ4n) is 1.70. The van der Waals surface area contributed by atoms with Crippen LogP contribution in [-0.4, -0.2) is 31.5 Å². The SMILES string of the molecule is O=C(COC(=O)c1cc(I)ccc1I)Oc1ccc(S(=O)(=O)O)cc1. The normalized spacial score (nSPS) is 11.0. The number of carbonyl (C=O) groups excluding carboxylic acids is 2. The number of rotatable bonds is 5. The summed E-state index contributed by atoms with van der Waals surface area (Å²) >= 11 is 4.04. The standard InChI is InChI=1S/C15H10I2O7S/c16-9-1-6-13(17)12(7-9)15(19)23-8-14(18)24-10-2-4-11(5-3-10)25(20,21)22/h1-7H,8H2,(H,20,21,22). The van der Waals surface area contributed by atoms with Crippen molar-refractivity contribution in [3.63, 3.8) is 0 Å². The maximum absolute atomic E-state index is 12.0. The zero-order valence-electron chi connectivity index (χ0n) is 12.3. The van der Waals surface area contributed by atoms with Crippen molar-refractivity contribution < 1.29 is 32.0 Å². The van der Waals surface area contributed by atoms with Crippen molar-refractivity contribution in [1.29, 1.82) is 0 Å². The van der Waals surface area contributed by atoms with E-state index in [2.05, 4.69) is 22.6 Å². The molecule has 0 aliphatic rings. The van der Waals surface area contributed by atoms with E-state index in [1.54, 1.807) is 12.1 Å². The molecule has 0 unspecified atom stereocenters. The second-order valence-corrected chi connectivity index (χ2v) is 8.45. The predicted octanol–water partition coefficient (Wildman–Crippen LogP) is 2.90. The Balaban J connectivity index is 1.94. The predicted molar refractivity (Wildman–Crippen MR) is 104 cm³/mol. The van der Waals surface area contributed by atoms with Crippen molar-refractivity contribution in [2.75, 3.05) is 6.61 Å². The van der Waals surface area contributed by atoms with Gasteiger partial charge in [0, 0.05) is 7.14 Å². The van der Waals surface area contributed by atoms with Crippen molar-refractivity contribution in [2.24, 2.45) is 0 Å². The highest BCUT2D eigenvalue weighted by molar-refractivity contribution is 14.1. The van der Waals surface area contributed by atoms with Crippen molar-refractivity contribution in [1.82, 2.24) is 0 Å². The van der Waals surface area contributed by atoms with Gasteiger partial charge in [-0.05, 0) is 87.6 Å². The lowest BCUT2D eigenvalue weighted by atomic mass is 10.2. The lowest BCUT2D eigenvalue weighted by Crippen LogP contribution is -2.19. The Labute approximate surface area is 170 Å². The number of benzene rings is 2. The number of halogens is 2. The number of ether oxygens (including phenoxy) is 2. The molecule has 0 amide bonds. The third kappa shape index (κ3) is 5.90. The Bertz CT molecular complexity index is 908. The molecule has 0 aromatic heterocycles. The summed E-state index contributed by atoms with van der Waals surface area (Å²) in [5.41, 5.74) is 0.345. The van der Waals surface area contributed by atoms with E-state index in [0.717, 1.165) is 15.7 Å². The van der Waals surface area contributed by atoms with Crippen LogP contribution >= 0.6 is 45.2 Å². The molecule has 25 heavy (non-hydrogen) atoms. The van der Waals surface area contributed by atoms with Gasteiger partial charge in [0.05, 0.1) is 10.5 Å². The molecule has 1 N–H and O–H groups in total. The monoisotopic (exact) mass is 588 g/mol. The summed E-state index contributed by atoms with van der Waals surface area (Å²) in [6.07, 6.45) is 0. The first-order valence-corrected chi connectivity index (χ1v) is 10.2. The van der Waals surface area contributed by atoms with Crippen LogP contribution in [0, 0.1) is 7.14 Å². The first-order chi connectivity index (χ1) is 11.7. The van der Waals surface area contributed by atoms with E-state index in [1.807, 2.05) is 28.7 Å². The minimum absolute atomic E-state index is 0.0530. The molecule has 0 saturated heterocycles. The number of carbonyl (C=O) groups is 2. The quantitative estimate of drug-likeness (QED) is 0.248. The van der Waals surface area contributed by atoms with E-state index < -0.39 is 28.7 Å². The highest BCUT2D eigenvalue weighted by atomic mass is 127. The number of esters is 2. The molecular formula is C15H10I2O7S. The molecule has 0 fully saturated rings. The molecule has 0 aliphatic carbocycles. The van der Waals surface area contributed by atoms with Crippen molar-refractivity contribution >= 4 is 67.2 Å². The lowest BCUT2D eigenvalue weighted by molar-refractivity contribution is -0.137. The van der Waals surface area contributed by atoms with Crippen LogP contribution in [0.3, 0.4) is 0 Å². The van der Waals surface area contributed by atoms with Crippen LogP contribution in [0.2, 0.25) is 0 Å². The molecule has 0 heterocycles. The fraction of sp³-hybridized carbons (Fsp3) is 0.0667. The first-order valence-electron chi connectivity index (χ1n) is 6.57. The Morgan fingerprint density at radius 1 is 1.04 bits per heavy atom. The third-order valence-electron chi connectivity index (χ3n) is 2.82. The van der Waals surface area contributed by atoms with Gasteiger partial charge in [-0.2, -0.15) is 8.42 Å². The molecule has 7 nitrogen and oxygen atoms in total. The topological polar surface area (TPSA) is 107 Å². The van der Waals surface area contributed by atoms with Crippen LogP contribution in [0.25, 0.3) is 0 Å². The fourth-order valence-corrected chi connectivity index (χ4v) is 3.22. The summed E-state index contributed by atoms with van der Waals surface area (Å²) < 4.78 is 42.1. The van der Waals surface area contributed by atoms with Crippen LogP contribution in [0.4, 0.5) is 0 Å². The van der Waals surface area contributed by atoms with Crippen LogP contribution in [0.1, 0.15) is 10.4 Å². The van der Waals surface area contributed by atoms with Crippen molar-refractivity contribution in [3.8, 4) is 5.75 Å². The minimum atomic E-state index is -4.32. The van der Waals surface area contributed by atoms with Gasteiger partial charge in [0.25, 0.3) is 10.1 Å². The van der Waals surface area contributed by atoms with Crippen LogP contribution in [0.15, 0.2) is 47.4 Å². The van der Waals surface area contributed by atoms with Gasteiger partial charge < -0.3 is 9.47 Å². The average Bonchev–Trinajstić information content (AvgIpc) is 2.54. The van der Waals surface area contributed by atoms with Gasteiger partial charge >= 0.3 is 11.9 Å². The summed E-state index contributed by atoms with van der Waals surface area (Å²) in [7, 11) is -4.32. The van der Waals surface area contributed by atoms with E-state index in [9.17, 15) is 18.0 Å². The molecule has 2 aromatic rings. The molecule has 0 spiro atoms. The Kier molecular flexibility index (Phi) is 6.76. The zero-order chi connectivity index (χ0) is 18.6. The van der Waals surface area contributed by atoms with Gasteiger partial charge in [-0.3, -0.25) is 4.55 Å². The largest absolute Gasteiger partial charge is 0.450 e. The van der Waals surface area contributed by atoms with Crippen LogP contribution in [-0.2, 0) is 19.6 Å². The molecule has 0 bridgehead atoms. The minimum Gasteiger partial charge on any atom is -0.450 e. The molecule has 2 rings (SSSR count). The van der Waals surface area contributed by atoms with E-state index >= 15 is 0 Å². The van der Waals surface area contributed by atoms with Crippen molar-refractivity contribution in [2.45, 2.75) is 4.90 Å². The van der Waals surface area contributed by atoms with Gasteiger partial charge in [-0.15, -0.1) is 0 Å². The molecule has 2 aromatic carbocycles. The molecule has 0 atom stereocenters. The van der Waals surface area contributed by atoms with E-state index in [-0.39, 0.29) is 10.6 Å².